The van der Waals surface area contributed by atoms with Gasteiger partial charge in [0.05, 0.1) is 12.5 Å². The lowest BCUT2D eigenvalue weighted by Crippen LogP contribution is -2.58. The maximum absolute atomic E-state index is 13.4. The normalized spacial score (nSPS) is 13.9. The fourth-order valence-electron chi connectivity index (χ4n) is 4.15. The van der Waals surface area contributed by atoms with Gasteiger partial charge in [0, 0.05) is 29.9 Å². The number of nitrogens with one attached hydrogen (secondary N) is 4. The number of aromatic amines is 1. The molecule has 4 unspecified atom stereocenters. The Bertz CT molecular complexity index is 1250. The Balaban J connectivity index is 2.31. The molecule has 0 aliphatic carbocycles. The first-order valence-electron chi connectivity index (χ1n) is 13.1. The van der Waals surface area contributed by atoms with Crippen molar-refractivity contribution >= 4 is 46.4 Å². The number of carbonyl (C=O) groups is 6. The smallest absolute Gasteiger partial charge is 0.326 e. The van der Waals surface area contributed by atoms with Crippen molar-refractivity contribution in [1.82, 2.24) is 20.9 Å². The standard InChI is InChI=1S/C26H38N8O7/c27-10-4-3-6-16(28)23(37)32-18(8-9-21(29)35)24(38)33-19(25(39)34-20(26(40)41)12-22(30)36)11-14-13-31-17-7-2-1-5-15(14)17/h1-2,5,7,13,16,18-20,31H,3-4,6,8-12,27-28H2,(H2,29,35)(H2,30,36)(H,32,37)(H,33,38)(H,34,39)(H,40,41). The number of H-pyrrole nitrogens is 1. The third-order valence-corrected chi connectivity index (χ3v) is 6.37. The summed E-state index contributed by atoms with van der Waals surface area (Å²) in [7, 11) is 0. The predicted molar refractivity (Wildman–Crippen MR) is 149 cm³/mol. The maximum Gasteiger partial charge on any atom is 0.326 e. The van der Waals surface area contributed by atoms with Crippen molar-refractivity contribution in [2.24, 2.45) is 22.9 Å². The highest BCUT2D eigenvalue weighted by atomic mass is 16.4. The Labute approximate surface area is 236 Å². The average molecular weight is 575 g/mol. The number of para-hydroxylation sites is 1. The number of amides is 5. The number of rotatable bonds is 18. The number of nitrogens with two attached hydrogens (primary N) is 4. The van der Waals surface area contributed by atoms with Gasteiger partial charge in [-0.15, -0.1) is 0 Å². The lowest BCUT2D eigenvalue weighted by Gasteiger charge is -2.25. The van der Waals surface area contributed by atoms with Gasteiger partial charge in [-0.3, -0.25) is 24.0 Å². The Kier molecular flexibility index (Phi) is 12.7. The van der Waals surface area contributed by atoms with Crippen molar-refractivity contribution in [2.45, 2.75) is 69.1 Å². The van der Waals surface area contributed by atoms with Crippen molar-refractivity contribution in [3.8, 4) is 0 Å². The number of benzene rings is 1. The van der Waals surface area contributed by atoms with E-state index < -0.39 is 66.1 Å². The largest absolute Gasteiger partial charge is 0.480 e. The monoisotopic (exact) mass is 574 g/mol. The molecule has 0 saturated heterocycles. The SMILES string of the molecule is NCCCCC(N)C(=O)NC(CCC(N)=O)C(=O)NC(Cc1c[nH]c2ccccc12)C(=O)NC(CC(N)=O)C(=O)O. The van der Waals surface area contributed by atoms with Crippen molar-refractivity contribution in [2.75, 3.05) is 6.54 Å². The molecule has 4 atom stereocenters. The molecule has 0 spiro atoms. The van der Waals surface area contributed by atoms with E-state index in [9.17, 15) is 33.9 Å². The zero-order valence-corrected chi connectivity index (χ0v) is 22.6. The van der Waals surface area contributed by atoms with Gasteiger partial charge >= 0.3 is 5.97 Å². The van der Waals surface area contributed by atoms with E-state index in [0.29, 0.717) is 31.4 Å². The molecule has 15 heteroatoms. The number of carboxylic acids is 1. The predicted octanol–water partition coefficient (Wildman–Crippen LogP) is -2.15. The summed E-state index contributed by atoms with van der Waals surface area (Å²) in [6, 6.07) is 1.99. The van der Waals surface area contributed by atoms with E-state index in [1.54, 1.807) is 18.3 Å². The van der Waals surface area contributed by atoms with Gasteiger partial charge in [0.15, 0.2) is 0 Å². The highest BCUT2D eigenvalue weighted by Gasteiger charge is 2.31. The second kappa shape index (κ2) is 15.9. The van der Waals surface area contributed by atoms with Gasteiger partial charge in [-0.1, -0.05) is 24.6 Å². The molecule has 0 radical (unpaired) electrons. The molecule has 15 nitrogen and oxygen atoms in total. The molecular formula is C26H38N8O7. The highest BCUT2D eigenvalue weighted by Crippen LogP contribution is 2.19. The molecule has 0 bridgehead atoms. The number of hydrogen-bond donors (Lipinski definition) is 9. The van der Waals surface area contributed by atoms with Crippen LogP contribution >= 0.6 is 0 Å². The van der Waals surface area contributed by atoms with Crippen molar-refractivity contribution < 1.29 is 33.9 Å². The van der Waals surface area contributed by atoms with Crippen LogP contribution < -0.4 is 38.9 Å². The van der Waals surface area contributed by atoms with Crippen molar-refractivity contribution in [1.29, 1.82) is 0 Å². The molecule has 224 valence electrons. The minimum atomic E-state index is -1.64. The van der Waals surface area contributed by atoms with E-state index in [-0.39, 0.29) is 19.3 Å². The van der Waals surface area contributed by atoms with Crippen LogP contribution in [0, 0.1) is 0 Å². The van der Waals surface area contributed by atoms with Gasteiger partial charge in [0.1, 0.15) is 18.1 Å². The van der Waals surface area contributed by atoms with E-state index in [0.717, 1.165) is 10.9 Å². The van der Waals surface area contributed by atoms with Crippen molar-refractivity contribution in [3.05, 3.63) is 36.0 Å². The second-order valence-corrected chi connectivity index (χ2v) is 9.65. The number of unbranched alkanes of at least 4 members (excludes halogenated alkanes) is 1. The zero-order chi connectivity index (χ0) is 30.5. The summed E-state index contributed by atoms with van der Waals surface area (Å²) in [6.45, 7) is 0.431. The third-order valence-electron chi connectivity index (χ3n) is 6.37. The Morgan fingerprint density at radius 2 is 1.46 bits per heavy atom. The van der Waals surface area contributed by atoms with Crippen LogP contribution in [-0.4, -0.2) is 76.3 Å². The van der Waals surface area contributed by atoms with Crippen LogP contribution in [0.3, 0.4) is 0 Å². The van der Waals surface area contributed by atoms with E-state index in [1.165, 1.54) is 0 Å². The number of hydrogen-bond acceptors (Lipinski definition) is 8. The summed E-state index contributed by atoms with van der Waals surface area (Å²) in [5, 5.41) is 17.5. The quantitative estimate of drug-likeness (QED) is 0.0876. The molecule has 0 fully saturated rings. The van der Waals surface area contributed by atoms with Crippen LogP contribution in [0.5, 0.6) is 0 Å². The minimum absolute atomic E-state index is 0.0837. The number of aromatic nitrogens is 1. The van der Waals surface area contributed by atoms with E-state index in [1.807, 2.05) is 12.1 Å². The molecule has 13 N–H and O–H groups in total. The van der Waals surface area contributed by atoms with Crippen molar-refractivity contribution in [3.63, 3.8) is 0 Å². The lowest BCUT2D eigenvalue weighted by atomic mass is 10.0. The molecule has 0 aliphatic rings. The summed E-state index contributed by atoms with van der Waals surface area (Å²) >= 11 is 0. The van der Waals surface area contributed by atoms with Gasteiger partial charge in [-0.05, 0) is 37.4 Å². The van der Waals surface area contributed by atoms with Gasteiger partial charge in [0.25, 0.3) is 0 Å². The molecule has 5 amide bonds. The fourth-order valence-corrected chi connectivity index (χ4v) is 4.15. The van der Waals surface area contributed by atoms with E-state index >= 15 is 0 Å². The zero-order valence-electron chi connectivity index (χ0n) is 22.6. The summed E-state index contributed by atoms with van der Waals surface area (Å²) in [5.74, 6) is -5.53. The Morgan fingerprint density at radius 1 is 0.829 bits per heavy atom. The van der Waals surface area contributed by atoms with E-state index in [2.05, 4.69) is 20.9 Å². The molecule has 2 rings (SSSR count). The molecule has 0 aliphatic heterocycles. The summed E-state index contributed by atoms with van der Waals surface area (Å²) in [6.07, 6.45) is 2.02. The topological polar surface area (TPSA) is 279 Å². The van der Waals surface area contributed by atoms with Crippen LogP contribution in [0.2, 0.25) is 0 Å². The molecular weight excluding hydrogens is 536 g/mol. The molecule has 41 heavy (non-hydrogen) atoms. The van der Waals surface area contributed by atoms with Gasteiger partial charge in [-0.25, -0.2) is 4.79 Å². The summed E-state index contributed by atoms with van der Waals surface area (Å²) in [5.41, 5.74) is 23.2. The van der Waals surface area contributed by atoms with Gasteiger partial charge in [0.2, 0.25) is 29.5 Å². The number of carboxylic acid groups (broad SMARTS) is 1. The third kappa shape index (κ3) is 10.5. The van der Waals surface area contributed by atoms with Gasteiger partial charge < -0.3 is 49.0 Å². The number of aliphatic carboxylic acids is 1. The van der Waals surface area contributed by atoms with Crippen LogP contribution in [0.15, 0.2) is 30.5 Å². The van der Waals surface area contributed by atoms with Crippen LogP contribution in [-0.2, 0) is 35.2 Å². The second-order valence-electron chi connectivity index (χ2n) is 9.65. The van der Waals surface area contributed by atoms with Gasteiger partial charge in [-0.2, -0.15) is 0 Å². The van der Waals surface area contributed by atoms with Crippen LogP contribution in [0.25, 0.3) is 10.9 Å². The fraction of sp³-hybridized carbons (Fsp3) is 0.462. The number of primary amides is 2. The first kappa shape index (κ1) is 32.7. The van der Waals surface area contributed by atoms with E-state index in [4.69, 9.17) is 22.9 Å². The molecule has 1 heterocycles. The molecule has 2 aromatic rings. The Morgan fingerprint density at radius 3 is 2.10 bits per heavy atom. The average Bonchev–Trinajstić information content (AvgIpc) is 3.32. The highest BCUT2D eigenvalue weighted by molar-refractivity contribution is 5.95. The maximum atomic E-state index is 13.4. The first-order chi connectivity index (χ1) is 19.4. The summed E-state index contributed by atoms with van der Waals surface area (Å²) in [4.78, 5) is 76.8. The summed E-state index contributed by atoms with van der Waals surface area (Å²) < 4.78 is 0. The van der Waals surface area contributed by atoms with Crippen LogP contribution in [0.4, 0.5) is 0 Å². The van der Waals surface area contributed by atoms with Crippen LogP contribution in [0.1, 0.15) is 44.1 Å². The minimum Gasteiger partial charge on any atom is -0.480 e. The molecule has 1 aromatic carbocycles. The first-order valence-corrected chi connectivity index (χ1v) is 13.1. The lowest BCUT2D eigenvalue weighted by molar-refractivity contribution is -0.143. The molecule has 1 aromatic heterocycles. The number of fused-ring (bicyclic) bond motifs is 1. The molecule has 0 saturated carbocycles. The Hall–Kier alpha value is -4.50. The number of carbonyl (C=O) groups excluding carboxylic acids is 5.